The lowest BCUT2D eigenvalue weighted by Gasteiger charge is -2.09. The Bertz CT molecular complexity index is 637. The van der Waals surface area contributed by atoms with E-state index in [1.807, 2.05) is 25.3 Å². The van der Waals surface area contributed by atoms with Crippen molar-refractivity contribution in [2.45, 2.75) is 32.9 Å². The molecule has 1 aromatic carbocycles. The Morgan fingerprint density at radius 3 is 2.81 bits per heavy atom. The average molecular weight is 307 g/mol. The van der Waals surface area contributed by atoms with E-state index in [0.29, 0.717) is 12.5 Å². The fraction of sp³-hybridized carbons (Fsp3) is 0.312. The lowest BCUT2D eigenvalue weighted by molar-refractivity contribution is 0.0954. The van der Waals surface area contributed by atoms with Gasteiger partial charge in [-0.25, -0.2) is 4.39 Å². The maximum absolute atomic E-state index is 13.3. The van der Waals surface area contributed by atoms with Crippen molar-refractivity contribution >= 4 is 17.2 Å². The average Bonchev–Trinajstić information content (AvgIpc) is 2.95. The van der Waals surface area contributed by atoms with Crippen LogP contribution in [0, 0.1) is 5.82 Å². The van der Waals surface area contributed by atoms with E-state index in [4.69, 9.17) is 5.11 Å². The molecule has 0 aliphatic heterocycles. The van der Waals surface area contributed by atoms with Crippen LogP contribution in [0.2, 0.25) is 0 Å². The van der Waals surface area contributed by atoms with Crippen LogP contribution in [0.15, 0.2) is 29.6 Å². The maximum atomic E-state index is 13.3. The molecule has 21 heavy (non-hydrogen) atoms. The molecule has 1 amide bonds. The third kappa shape index (κ3) is 3.68. The van der Waals surface area contributed by atoms with Gasteiger partial charge in [-0.2, -0.15) is 0 Å². The van der Waals surface area contributed by atoms with E-state index in [2.05, 4.69) is 5.32 Å². The molecule has 2 aromatic rings. The number of amides is 1. The van der Waals surface area contributed by atoms with Gasteiger partial charge in [0.05, 0.1) is 11.5 Å². The Balaban J connectivity index is 2.06. The predicted octanol–water partition coefficient (Wildman–Crippen LogP) is 3.43. The van der Waals surface area contributed by atoms with Crippen LogP contribution in [0.25, 0.3) is 0 Å². The summed E-state index contributed by atoms with van der Waals surface area (Å²) >= 11 is 1.42. The molecule has 0 aliphatic rings. The molecule has 0 aliphatic carbocycles. The summed E-state index contributed by atoms with van der Waals surface area (Å²) in [6.07, 6.45) is 0. The standard InChI is InChI=1S/C16H18FNO2S/c1-10(2)13-5-6-21-15(13)16(20)18-8-11-3-4-14(17)12(7-11)9-19/h3-7,10,19H,8-9H2,1-2H3,(H,18,20). The number of thiophene rings is 1. The summed E-state index contributed by atoms with van der Waals surface area (Å²) in [5.41, 5.74) is 2.03. The number of aliphatic hydroxyl groups is 1. The van der Waals surface area contributed by atoms with Gasteiger partial charge in [0.25, 0.3) is 5.91 Å². The predicted molar refractivity (Wildman–Crippen MR) is 81.9 cm³/mol. The first kappa shape index (κ1) is 15.7. The molecule has 0 fully saturated rings. The number of halogens is 1. The molecular formula is C16H18FNO2S. The van der Waals surface area contributed by atoms with Crippen LogP contribution < -0.4 is 5.32 Å². The fourth-order valence-electron chi connectivity index (χ4n) is 2.08. The number of hydrogen-bond donors (Lipinski definition) is 2. The molecule has 0 radical (unpaired) electrons. The van der Waals surface area contributed by atoms with Crippen LogP contribution in [0.5, 0.6) is 0 Å². The van der Waals surface area contributed by atoms with Crippen LogP contribution in [-0.2, 0) is 13.2 Å². The fourth-order valence-corrected chi connectivity index (χ4v) is 3.05. The minimum Gasteiger partial charge on any atom is -0.392 e. The molecule has 0 saturated carbocycles. The van der Waals surface area contributed by atoms with Crippen molar-refractivity contribution in [3.8, 4) is 0 Å². The van der Waals surface area contributed by atoms with E-state index in [0.717, 1.165) is 16.0 Å². The third-order valence-electron chi connectivity index (χ3n) is 3.26. The highest BCUT2D eigenvalue weighted by molar-refractivity contribution is 7.12. The summed E-state index contributed by atoms with van der Waals surface area (Å²) in [5, 5.41) is 13.8. The number of nitrogens with one attached hydrogen (secondary N) is 1. The highest BCUT2D eigenvalue weighted by Gasteiger charge is 2.15. The van der Waals surface area contributed by atoms with E-state index < -0.39 is 5.82 Å². The lowest BCUT2D eigenvalue weighted by atomic mass is 10.0. The van der Waals surface area contributed by atoms with Crippen LogP contribution in [0.1, 0.15) is 46.1 Å². The van der Waals surface area contributed by atoms with Crippen molar-refractivity contribution in [3.05, 3.63) is 57.0 Å². The van der Waals surface area contributed by atoms with Gasteiger partial charge in [0, 0.05) is 12.1 Å². The number of carbonyl (C=O) groups is 1. The minimum atomic E-state index is -0.437. The molecule has 0 spiro atoms. The third-order valence-corrected chi connectivity index (χ3v) is 4.19. The van der Waals surface area contributed by atoms with Crippen molar-refractivity contribution in [2.75, 3.05) is 0 Å². The van der Waals surface area contributed by atoms with E-state index in [9.17, 15) is 9.18 Å². The molecular weight excluding hydrogens is 289 g/mol. The normalized spacial score (nSPS) is 10.9. The largest absolute Gasteiger partial charge is 0.392 e. The van der Waals surface area contributed by atoms with Crippen molar-refractivity contribution in [1.29, 1.82) is 0 Å². The second kappa shape index (κ2) is 6.83. The van der Waals surface area contributed by atoms with Crippen LogP contribution >= 0.6 is 11.3 Å². The highest BCUT2D eigenvalue weighted by Crippen LogP contribution is 2.24. The number of benzene rings is 1. The number of rotatable bonds is 5. The molecule has 1 aromatic heterocycles. The number of hydrogen-bond acceptors (Lipinski definition) is 3. The van der Waals surface area contributed by atoms with E-state index in [1.54, 1.807) is 12.1 Å². The smallest absolute Gasteiger partial charge is 0.261 e. The van der Waals surface area contributed by atoms with E-state index >= 15 is 0 Å². The van der Waals surface area contributed by atoms with E-state index in [-0.39, 0.29) is 18.1 Å². The second-order valence-electron chi connectivity index (χ2n) is 5.13. The van der Waals surface area contributed by atoms with Gasteiger partial charge in [-0.05, 0) is 40.6 Å². The second-order valence-corrected chi connectivity index (χ2v) is 6.04. The molecule has 112 valence electrons. The van der Waals surface area contributed by atoms with Gasteiger partial charge < -0.3 is 10.4 Å². The first-order chi connectivity index (χ1) is 10.0. The first-order valence-electron chi connectivity index (χ1n) is 6.76. The van der Waals surface area contributed by atoms with Crippen LogP contribution in [0.3, 0.4) is 0 Å². The molecule has 3 nitrogen and oxygen atoms in total. The summed E-state index contributed by atoms with van der Waals surface area (Å²) in [6, 6.07) is 6.43. The summed E-state index contributed by atoms with van der Waals surface area (Å²) in [7, 11) is 0. The Labute approximate surface area is 127 Å². The highest BCUT2D eigenvalue weighted by atomic mass is 32.1. The minimum absolute atomic E-state index is 0.122. The topological polar surface area (TPSA) is 49.3 Å². The lowest BCUT2D eigenvalue weighted by Crippen LogP contribution is -2.23. The molecule has 0 bridgehead atoms. The van der Waals surface area contributed by atoms with Crippen LogP contribution in [-0.4, -0.2) is 11.0 Å². The Kier molecular flexibility index (Phi) is 5.09. The van der Waals surface area contributed by atoms with Crippen molar-refractivity contribution < 1.29 is 14.3 Å². The van der Waals surface area contributed by atoms with Crippen molar-refractivity contribution in [2.24, 2.45) is 0 Å². The molecule has 2 rings (SSSR count). The number of carbonyl (C=O) groups excluding carboxylic acids is 1. The first-order valence-corrected chi connectivity index (χ1v) is 7.64. The molecule has 5 heteroatoms. The molecule has 0 saturated heterocycles. The molecule has 0 unspecified atom stereocenters. The van der Waals surface area contributed by atoms with Gasteiger partial charge in [-0.15, -0.1) is 11.3 Å². The molecule has 1 heterocycles. The van der Waals surface area contributed by atoms with Gasteiger partial charge in [-0.3, -0.25) is 4.79 Å². The zero-order chi connectivity index (χ0) is 15.4. The summed E-state index contributed by atoms with van der Waals surface area (Å²) in [4.78, 5) is 12.9. The maximum Gasteiger partial charge on any atom is 0.261 e. The monoisotopic (exact) mass is 307 g/mol. The zero-order valence-corrected chi connectivity index (χ0v) is 12.8. The number of aliphatic hydroxyl groups excluding tert-OH is 1. The van der Waals surface area contributed by atoms with Crippen molar-refractivity contribution in [3.63, 3.8) is 0 Å². The van der Waals surface area contributed by atoms with Crippen molar-refractivity contribution in [1.82, 2.24) is 5.32 Å². The van der Waals surface area contributed by atoms with Gasteiger partial charge in [0.15, 0.2) is 0 Å². The molecule has 2 N–H and O–H groups in total. The van der Waals surface area contributed by atoms with Gasteiger partial charge >= 0.3 is 0 Å². The zero-order valence-electron chi connectivity index (χ0n) is 12.0. The van der Waals surface area contributed by atoms with Gasteiger partial charge in [0.2, 0.25) is 0 Å². The van der Waals surface area contributed by atoms with E-state index in [1.165, 1.54) is 17.4 Å². The quantitative estimate of drug-likeness (QED) is 0.889. The van der Waals surface area contributed by atoms with Crippen LogP contribution in [0.4, 0.5) is 4.39 Å². The summed E-state index contributed by atoms with van der Waals surface area (Å²) < 4.78 is 13.3. The Morgan fingerprint density at radius 2 is 2.14 bits per heavy atom. The SMILES string of the molecule is CC(C)c1ccsc1C(=O)NCc1ccc(F)c(CO)c1. The van der Waals surface area contributed by atoms with Gasteiger partial charge in [-0.1, -0.05) is 19.9 Å². The molecule has 0 atom stereocenters. The Morgan fingerprint density at radius 1 is 1.38 bits per heavy atom. The summed E-state index contributed by atoms with van der Waals surface area (Å²) in [5.74, 6) is -0.264. The summed E-state index contributed by atoms with van der Waals surface area (Å²) in [6.45, 7) is 4.05. The Hall–Kier alpha value is -1.72. The van der Waals surface area contributed by atoms with Gasteiger partial charge in [0.1, 0.15) is 5.82 Å².